The Bertz CT molecular complexity index is 793. The summed E-state index contributed by atoms with van der Waals surface area (Å²) in [6.07, 6.45) is 0.809. The number of aryl methyl sites for hydroxylation is 1. The number of hydrogen-bond acceptors (Lipinski definition) is 4. The van der Waals surface area contributed by atoms with Crippen LogP contribution in [0.1, 0.15) is 31.0 Å². The fourth-order valence-electron chi connectivity index (χ4n) is 2.76. The van der Waals surface area contributed by atoms with Crippen LogP contribution in [-0.4, -0.2) is 25.7 Å². The van der Waals surface area contributed by atoms with Gasteiger partial charge < -0.3 is 19.5 Å². The van der Waals surface area contributed by atoms with Crippen molar-refractivity contribution in [2.75, 3.05) is 19.8 Å². The molecule has 1 aliphatic heterocycles. The summed E-state index contributed by atoms with van der Waals surface area (Å²) in [6, 6.07) is 10.9. The third-order valence-corrected chi connectivity index (χ3v) is 4.58. The largest absolute Gasteiger partial charge is 0.486 e. The van der Waals surface area contributed by atoms with E-state index in [-0.39, 0.29) is 18.6 Å². The Kier molecular flexibility index (Phi) is 5.89. The van der Waals surface area contributed by atoms with Gasteiger partial charge in [0.05, 0.1) is 6.04 Å². The van der Waals surface area contributed by atoms with Crippen LogP contribution in [0, 0.1) is 0 Å². The molecule has 138 valence electrons. The summed E-state index contributed by atoms with van der Waals surface area (Å²) in [6.45, 7) is 4.97. The van der Waals surface area contributed by atoms with Gasteiger partial charge in [0.1, 0.15) is 19.0 Å². The lowest BCUT2D eigenvalue weighted by atomic mass is 10.1. The summed E-state index contributed by atoms with van der Waals surface area (Å²) >= 11 is 6.09. The van der Waals surface area contributed by atoms with E-state index < -0.39 is 0 Å². The van der Waals surface area contributed by atoms with E-state index in [1.165, 1.54) is 0 Å². The Morgan fingerprint density at radius 1 is 1.19 bits per heavy atom. The minimum absolute atomic E-state index is 0.0559. The summed E-state index contributed by atoms with van der Waals surface area (Å²) in [5.41, 5.74) is 1.94. The van der Waals surface area contributed by atoms with Gasteiger partial charge in [0, 0.05) is 5.02 Å². The van der Waals surface area contributed by atoms with E-state index in [0.717, 1.165) is 23.3 Å². The van der Waals surface area contributed by atoms with Crippen LogP contribution in [0.2, 0.25) is 5.02 Å². The lowest BCUT2D eigenvalue weighted by Gasteiger charge is -2.21. The van der Waals surface area contributed by atoms with Crippen molar-refractivity contribution >= 4 is 17.5 Å². The molecule has 0 bridgehead atoms. The minimum atomic E-state index is -0.194. The molecule has 26 heavy (non-hydrogen) atoms. The Morgan fingerprint density at radius 2 is 1.96 bits per heavy atom. The van der Waals surface area contributed by atoms with Crippen molar-refractivity contribution in [3.63, 3.8) is 0 Å². The third-order valence-electron chi connectivity index (χ3n) is 4.21. The van der Waals surface area contributed by atoms with Crippen LogP contribution >= 0.6 is 11.6 Å². The highest BCUT2D eigenvalue weighted by Gasteiger charge is 2.16. The molecular formula is C20H22ClNO4. The first-order valence-electron chi connectivity index (χ1n) is 8.67. The molecule has 2 aromatic rings. The van der Waals surface area contributed by atoms with Gasteiger partial charge in [-0.2, -0.15) is 0 Å². The first kappa shape index (κ1) is 18.4. The van der Waals surface area contributed by atoms with E-state index >= 15 is 0 Å². The number of hydrogen-bond donors (Lipinski definition) is 1. The zero-order chi connectivity index (χ0) is 18.5. The van der Waals surface area contributed by atoms with Crippen molar-refractivity contribution in [2.24, 2.45) is 0 Å². The van der Waals surface area contributed by atoms with Crippen LogP contribution in [0.3, 0.4) is 0 Å². The van der Waals surface area contributed by atoms with Crippen LogP contribution in [0.5, 0.6) is 17.2 Å². The quantitative estimate of drug-likeness (QED) is 0.831. The molecule has 1 unspecified atom stereocenters. The van der Waals surface area contributed by atoms with Gasteiger partial charge in [-0.05, 0) is 54.8 Å². The summed E-state index contributed by atoms with van der Waals surface area (Å²) in [5, 5.41) is 3.63. The average Bonchev–Trinajstić information content (AvgIpc) is 2.66. The molecule has 6 heteroatoms. The maximum atomic E-state index is 12.2. The highest BCUT2D eigenvalue weighted by Crippen LogP contribution is 2.32. The second-order valence-corrected chi connectivity index (χ2v) is 6.49. The Morgan fingerprint density at radius 3 is 2.73 bits per heavy atom. The van der Waals surface area contributed by atoms with Crippen molar-refractivity contribution in [2.45, 2.75) is 26.3 Å². The van der Waals surface area contributed by atoms with Gasteiger partial charge in [-0.3, -0.25) is 4.79 Å². The molecule has 2 aromatic carbocycles. The SMILES string of the molecule is CCc1cc(OCC(=O)NC(C)c2ccc3c(c2)OCCO3)ccc1Cl. The number of nitrogens with one attached hydrogen (secondary N) is 1. The van der Waals surface area contributed by atoms with Crippen molar-refractivity contribution in [1.29, 1.82) is 0 Å². The molecule has 5 nitrogen and oxygen atoms in total. The fourth-order valence-corrected chi connectivity index (χ4v) is 3.01. The van der Waals surface area contributed by atoms with Crippen LogP contribution in [-0.2, 0) is 11.2 Å². The molecule has 0 saturated carbocycles. The first-order valence-corrected chi connectivity index (χ1v) is 9.04. The maximum Gasteiger partial charge on any atom is 0.258 e. The number of halogens is 1. The number of amides is 1. The lowest BCUT2D eigenvalue weighted by molar-refractivity contribution is -0.123. The molecule has 1 heterocycles. The predicted octanol–water partition coefficient (Wildman–Crippen LogP) is 3.93. The second-order valence-electron chi connectivity index (χ2n) is 6.09. The molecule has 0 spiro atoms. The van der Waals surface area contributed by atoms with Crippen LogP contribution in [0.15, 0.2) is 36.4 Å². The Hall–Kier alpha value is -2.40. The van der Waals surface area contributed by atoms with E-state index in [2.05, 4.69) is 5.32 Å². The van der Waals surface area contributed by atoms with Gasteiger partial charge in [0.2, 0.25) is 0 Å². The number of fused-ring (bicyclic) bond motifs is 1. The van der Waals surface area contributed by atoms with Crippen molar-refractivity contribution in [3.8, 4) is 17.2 Å². The van der Waals surface area contributed by atoms with Gasteiger partial charge in [-0.1, -0.05) is 24.6 Å². The number of carbonyl (C=O) groups excluding carboxylic acids is 1. The van der Waals surface area contributed by atoms with Gasteiger partial charge in [0.25, 0.3) is 5.91 Å². The fraction of sp³-hybridized carbons (Fsp3) is 0.350. The van der Waals surface area contributed by atoms with Gasteiger partial charge in [0.15, 0.2) is 18.1 Å². The summed E-state index contributed by atoms with van der Waals surface area (Å²) in [7, 11) is 0. The zero-order valence-electron chi connectivity index (χ0n) is 14.9. The average molecular weight is 376 g/mol. The van der Waals surface area contributed by atoms with Crippen molar-refractivity contribution < 1.29 is 19.0 Å². The third kappa shape index (κ3) is 4.41. The second kappa shape index (κ2) is 8.32. The Labute approximate surface area is 158 Å². The van der Waals surface area contributed by atoms with Crippen LogP contribution < -0.4 is 19.5 Å². The van der Waals surface area contributed by atoms with Crippen LogP contribution in [0.25, 0.3) is 0 Å². The normalized spacial score (nSPS) is 13.8. The predicted molar refractivity (Wildman–Crippen MR) is 100 cm³/mol. The van der Waals surface area contributed by atoms with E-state index in [1.54, 1.807) is 12.1 Å². The topological polar surface area (TPSA) is 56.8 Å². The molecule has 0 aromatic heterocycles. The molecule has 1 atom stereocenters. The molecule has 1 aliphatic rings. The molecule has 3 rings (SSSR count). The molecule has 0 fully saturated rings. The first-order chi connectivity index (χ1) is 12.6. The molecular weight excluding hydrogens is 354 g/mol. The van der Waals surface area contributed by atoms with E-state index in [9.17, 15) is 4.79 Å². The van der Waals surface area contributed by atoms with Crippen molar-refractivity contribution in [3.05, 3.63) is 52.5 Å². The monoisotopic (exact) mass is 375 g/mol. The Balaban J connectivity index is 1.56. The van der Waals surface area contributed by atoms with Crippen LogP contribution in [0.4, 0.5) is 0 Å². The maximum absolute atomic E-state index is 12.2. The molecule has 1 N–H and O–H groups in total. The standard InChI is InChI=1S/C20H22ClNO4/c1-3-14-10-16(5-6-17(14)21)26-12-20(23)22-13(2)15-4-7-18-19(11-15)25-9-8-24-18/h4-7,10-11,13H,3,8-9,12H2,1-2H3,(H,22,23). The molecule has 0 radical (unpaired) electrons. The highest BCUT2D eigenvalue weighted by atomic mass is 35.5. The lowest BCUT2D eigenvalue weighted by Crippen LogP contribution is -2.31. The molecule has 1 amide bonds. The molecule has 0 saturated heterocycles. The van der Waals surface area contributed by atoms with Crippen molar-refractivity contribution in [1.82, 2.24) is 5.32 Å². The smallest absolute Gasteiger partial charge is 0.258 e. The summed E-state index contributed by atoms with van der Waals surface area (Å²) < 4.78 is 16.7. The zero-order valence-corrected chi connectivity index (χ0v) is 15.6. The van der Waals surface area contributed by atoms with Gasteiger partial charge in [-0.25, -0.2) is 0 Å². The van der Waals surface area contributed by atoms with E-state index in [4.69, 9.17) is 25.8 Å². The van der Waals surface area contributed by atoms with Gasteiger partial charge >= 0.3 is 0 Å². The number of benzene rings is 2. The number of ether oxygens (including phenoxy) is 3. The summed E-state index contributed by atoms with van der Waals surface area (Å²) in [4.78, 5) is 12.2. The molecule has 0 aliphatic carbocycles. The number of rotatable bonds is 6. The van der Waals surface area contributed by atoms with E-state index in [0.29, 0.717) is 29.7 Å². The van der Waals surface area contributed by atoms with E-state index in [1.807, 2.05) is 38.1 Å². The minimum Gasteiger partial charge on any atom is -0.486 e. The number of carbonyl (C=O) groups is 1. The van der Waals surface area contributed by atoms with Gasteiger partial charge in [-0.15, -0.1) is 0 Å². The summed E-state index contributed by atoms with van der Waals surface area (Å²) in [5.74, 6) is 1.88. The highest BCUT2D eigenvalue weighted by molar-refractivity contribution is 6.31.